The molecule has 0 aliphatic carbocycles. The Labute approximate surface area is 194 Å². The van der Waals surface area contributed by atoms with E-state index in [1.165, 1.54) is 27.3 Å². The van der Waals surface area contributed by atoms with E-state index in [1.807, 2.05) is 23.6 Å². The van der Waals surface area contributed by atoms with Gasteiger partial charge >= 0.3 is 195 Å². The molecule has 0 amide bonds. The van der Waals surface area contributed by atoms with Gasteiger partial charge in [0.05, 0.1) is 0 Å². The number of aromatic nitrogens is 1. The molecule has 3 aromatic carbocycles. The van der Waals surface area contributed by atoms with Gasteiger partial charge in [0.2, 0.25) is 0 Å². The van der Waals surface area contributed by atoms with Crippen LogP contribution in [0.1, 0.15) is 22.4 Å². The van der Waals surface area contributed by atoms with Crippen LogP contribution in [0, 0.1) is 0 Å². The van der Waals surface area contributed by atoms with Crippen LogP contribution in [0.15, 0.2) is 96.4 Å². The second-order valence-corrected chi connectivity index (χ2v) is 17.0. The average molecular weight is 512 g/mol. The van der Waals surface area contributed by atoms with Crippen LogP contribution in [0.4, 0.5) is 0 Å². The number of hydrogen-bond acceptors (Lipinski definition) is 4. The Bertz CT molecular complexity index is 1070. The molecule has 0 unspecified atom stereocenters. The van der Waals surface area contributed by atoms with E-state index in [9.17, 15) is 4.79 Å². The number of hydrogen-bond donors (Lipinski definition) is 0. The molecule has 0 saturated carbocycles. The van der Waals surface area contributed by atoms with E-state index in [0.29, 0.717) is 17.8 Å². The maximum absolute atomic E-state index is 12.2. The fraction of sp³-hybridized carbons (Fsp3) is 0.120. The molecule has 0 aliphatic rings. The van der Waals surface area contributed by atoms with Crippen molar-refractivity contribution in [2.75, 3.05) is 6.61 Å². The maximum atomic E-state index is 12.2. The number of esters is 1. The zero-order chi connectivity index (χ0) is 21.8. The molecule has 4 rings (SSSR count). The van der Waals surface area contributed by atoms with Crippen molar-refractivity contribution in [2.24, 2.45) is 0 Å². The number of carbonyl (C=O) groups excluding carboxylic acids is 1. The number of thiazole rings is 1. The summed E-state index contributed by atoms with van der Waals surface area (Å²) in [5, 5.41) is 2.91. The molecule has 3 nitrogen and oxygen atoms in total. The van der Waals surface area contributed by atoms with Gasteiger partial charge in [-0.2, -0.15) is 0 Å². The average Bonchev–Trinajstić information content (AvgIpc) is 3.29. The van der Waals surface area contributed by atoms with Crippen LogP contribution in [0.2, 0.25) is 0 Å². The van der Waals surface area contributed by atoms with Crippen molar-refractivity contribution in [3.63, 3.8) is 0 Å². The summed E-state index contributed by atoms with van der Waals surface area (Å²) in [6.45, 7) is 2.14. The van der Waals surface area contributed by atoms with Crippen LogP contribution in [-0.2, 0) is 10.9 Å². The molecular weight excluding hydrogens is 489 g/mol. The van der Waals surface area contributed by atoms with E-state index >= 15 is 0 Å². The van der Waals surface area contributed by atoms with Crippen LogP contribution in [0.25, 0.3) is 0 Å². The van der Waals surface area contributed by atoms with Gasteiger partial charge in [-0.25, -0.2) is 0 Å². The zero-order valence-corrected chi connectivity index (χ0v) is 20.4. The molecule has 0 atom stereocenters. The van der Waals surface area contributed by atoms with E-state index in [-0.39, 0.29) is 5.97 Å². The molecule has 1 heterocycles. The Hall–Kier alpha value is -2.33. The van der Waals surface area contributed by atoms with Crippen LogP contribution >= 0.6 is 32.1 Å². The van der Waals surface area contributed by atoms with E-state index in [2.05, 4.69) is 93.3 Å². The van der Waals surface area contributed by atoms with E-state index in [0.717, 1.165) is 5.69 Å². The first-order valence-electron chi connectivity index (χ1n) is 10.1. The molecule has 0 radical (unpaired) electrons. The first-order valence-corrected chi connectivity index (χ1v) is 15.4. The van der Waals surface area contributed by atoms with Gasteiger partial charge in [-0.3, -0.25) is 0 Å². The van der Waals surface area contributed by atoms with Gasteiger partial charge in [0.15, 0.2) is 0 Å². The van der Waals surface area contributed by atoms with E-state index < -0.39 is 5.31 Å². The summed E-state index contributed by atoms with van der Waals surface area (Å²) in [6, 6.07) is 31.7. The molecule has 31 heavy (non-hydrogen) atoms. The Morgan fingerprint density at radius 3 is 1.74 bits per heavy atom. The van der Waals surface area contributed by atoms with E-state index in [1.54, 1.807) is 6.92 Å². The quantitative estimate of drug-likeness (QED) is 0.237. The summed E-state index contributed by atoms with van der Waals surface area (Å²) in [4.78, 5) is 16.9. The topological polar surface area (TPSA) is 39.2 Å². The van der Waals surface area contributed by atoms with Crippen LogP contribution in [0.5, 0.6) is 0 Å². The van der Waals surface area contributed by atoms with Gasteiger partial charge in [-0.05, 0) is 0 Å². The van der Waals surface area contributed by atoms with Crippen molar-refractivity contribution in [1.82, 2.24) is 4.98 Å². The Kier molecular flexibility index (Phi) is 6.38. The molecule has 0 bridgehead atoms. The number of carbonyl (C=O) groups is 1. The monoisotopic (exact) mass is 511 g/mol. The van der Waals surface area contributed by atoms with Gasteiger partial charge in [-0.15, -0.1) is 0 Å². The van der Waals surface area contributed by atoms with Crippen molar-refractivity contribution in [1.29, 1.82) is 0 Å². The predicted molar refractivity (Wildman–Crippen MR) is 136 cm³/mol. The molecule has 0 aliphatic heterocycles. The third-order valence-corrected chi connectivity index (χ3v) is 15.7. The normalized spacial score (nSPS) is 12.6. The van der Waals surface area contributed by atoms with Crippen LogP contribution in [-0.4, -0.2) is 17.6 Å². The third kappa shape index (κ3) is 3.98. The van der Waals surface area contributed by atoms with Crippen molar-refractivity contribution in [3.05, 3.63) is 107 Å². The number of nitrogens with zero attached hydrogens (tertiary/aromatic N) is 1. The number of ether oxygens (including phenoxy) is 1. The van der Waals surface area contributed by atoms with Crippen LogP contribution in [0.3, 0.4) is 0 Å². The van der Waals surface area contributed by atoms with Crippen molar-refractivity contribution >= 4 is 54.0 Å². The first kappa shape index (κ1) is 21.9. The standard InChI is InChI=1S/C25H23BrNO2PS/c1-2-29-25(28)24-27-20(19-31-24)18-30(26,21-12-6-3-7-13-21,22-14-8-4-9-15-22)23-16-10-5-11-17-23/h3-17,19H,2,18H2,1H3. The summed E-state index contributed by atoms with van der Waals surface area (Å²) >= 11 is 5.75. The van der Waals surface area contributed by atoms with Gasteiger partial charge in [0.25, 0.3) is 0 Å². The van der Waals surface area contributed by atoms with Crippen molar-refractivity contribution in [3.8, 4) is 0 Å². The molecule has 0 saturated heterocycles. The Morgan fingerprint density at radius 1 is 0.871 bits per heavy atom. The molecule has 4 aromatic rings. The minimum atomic E-state index is -3.12. The summed E-state index contributed by atoms with van der Waals surface area (Å²) in [5.74, 6) is -0.368. The van der Waals surface area contributed by atoms with Crippen LogP contribution < -0.4 is 15.9 Å². The zero-order valence-electron chi connectivity index (χ0n) is 17.1. The molecule has 0 N–H and O–H groups in total. The summed E-state index contributed by atoms with van der Waals surface area (Å²) in [6.07, 6.45) is 0.652. The van der Waals surface area contributed by atoms with Gasteiger partial charge < -0.3 is 0 Å². The summed E-state index contributed by atoms with van der Waals surface area (Å²) in [5.41, 5.74) is 0.874. The minimum absolute atomic E-state index is 0.337. The number of benzene rings is 3. The number of halogens is 1. The SMILES string of the molecule is CCOC(=O)c1nc(CP(Br)(c2ccccc2)(c2ccccc2)c2ccccc2)cs1. The fourth-order valence-electron chi connectivity index (χ4n) is 3.91. The van der Waals surface area contributed by atoms with Crippen molar-refractivity contribution in [2.45, 2.75) is 13.1 Å². The predicted octanol–water partition coefficient (Wildman–Crippen LogP) is 5.66. The molecule has 0 fully saturated rings. The number of rotatable bonds is 7. The second kappa shape index (κ2) is 9.04. The molecule has 158 valence electrons. The molecule has 6 heteroatoms. The molecule has 0 spiro atoms. The summed E-state index contributed by atoms with van der Waals surface area (Å²) in [7, 11) is 0. The summed E-state index contributed by atoms with van der Waals surface area (Å²) < 4.78 is 5.16. The molecular formula is C25H23BrNO2PS. The second-order valence-electron chi connectivity index (χ2n) is 7.21. The van der Waals surface area contributed by atoms with Gasteiger partial charge in [0.1, 0.15) is 0 Å². The van der Waals surface area contributed by atoms with E-state index in [4.69, 9.17) is 4.74 Å². The Morgan fingerprint density at radius 2 is 1.32 bits per heavy atom. The fourth-order valence-corrected chi connectivity index (χ4v) is 12.2. The Balaban J connectivity index is 1.96. The van der Waals surface area contributed by atoms with Gasteiger partial charge in [0, 0.05) is 0 Å². The van der Waals surface area contributed by atoms with Gasteiger partial charge in [-0.1, -0.05) is 0 Å². The molecule has 1 aromatic heterocycles. The van der Waals surface area contributed by atoms with Crippen molar-refractivity contribution < 1.29 is 9.53 Å². The third-order valence-electron chi connectivity index (χ3n) is 5.34. The first-order chi connectivity index (χ1) is 15.1.